The molecule has 2 amide bonds. The van der Waals surface area contributed by atoms with Gasteiger partial charge in [-0.2, -0.15) is 18.2 Å². The number of benzene rings is 2. The molecule has 5 heterocycles. The number of nitrogens with zero attached hydrogens (tertiary/aromatic N) is 3. The molecule has 4 aromatic rings. The number of alkyl halides is 3. The van der Waals surface area contributed by atoms with Gasteiger partial charge in [-0.25, -0.2) is 0 Å². The summed E-state index contributed by atoms with van der Waals surface area (Å²) < 4.78 is 61.5. The van der Waals surface area contributed by atoms with Gasteiger partial charge in [0.2, 0.25) is 23.6 Å². The lowest BCUT2D eigenvalue weighted by atomic mass is 9.79. The third kappa shape index (κ3) is 7.99. The number of amides is 2. The number of carbonyl (C=O) groups excluding carboxylic acids is 2. The first-order valence-electron chi connectivity index (χ1n) is 19.2. The molecule has 4 aliphatic rings. The average Bonchev–Trinajstić information content (AvgIpc) is 3.79. The maximum atomic E-state index is 14.7. The van der Waals surface area contributed by atoms with Crippen molar-refractivity contribution in [2.24, 2.45) is 5.41 Å². The molecular formula is C42H44ClF3N6O5. The summed E-state index contributed by atoms with van der Waals surface area (Å²) in [6.07, 6.45) is -0.100. The maximum absolute atomic E-state index is 14.7. The van der Waals surface area contributed by atoms with Crippen molar-refractivity contribution in [3.63, 3.8) is 0 Å². The molecule has 3 saturated heterocycles. The molecule has 3 N–H and O–H groups in total. The second-order valence-electron chi connectivity index (χ2n) is 15.5. The van der Waals surface area contributed by atoms with Crippen LogP contribution in [0.25, 0.3) is 22.4 Å². The van der Waals surface area contributed by atoms with Crippen molar-refractivity contribution in [1.29, 1.82) is 0 Å². The van der Waals surface area contributed by atoms with Gasteiger partial charge >= 0.3 is 6.18 Å². The number of methoxy groups -OCH3 is 2. The molecule has 2 atom stereocenters. The number of nitrogens with one attached hydrogen (secondary N) is 3. The Morgan fingerprint density at radius 1 is 0.982 bits per heavy atom. The number of carbonyl (C=O) groups is 2. The van der Waals surface area contributed by atoms with Gasteiger partial charge in [-0.3, -0.25) is 19.5 Å². The van der Waals surface area contributed by atoms with Crippen molar-refractivity contribution in [3.8, 4) is 39.9 Å². The van der Waals surface area contributed by atoms with E-state index in [0.29, 0.717) is 86.9 Å². The molecule has 2 aromatic heterocycles. The zero-order chi connectivity index (χ0) is 39.9. The van der Waals surface area contributed by atoms with E-state index in [9.17, 15) is 22.8 Å². The van der Waals surface area contributed by atoms with Crippen LogP contribution in [0.3, 0.4) is 0 Å². The van der Waals surface area contributed by atoms with Gasteiger partial charge in [0, 0.05) is 92.0 Å². The summed E-state index contributed by atoms with van der Waals surface area (Å²) in [7, 11) is 3.00. The average molecular weight is 805 g/mol. The Hall–Kier alpha value is -4.92. The third-order valence-corrected chi connectivity index (χ3v) is 11.9. The molecule has 0 bridgehead atoms. The topological polar surface area (TPSA) is 127 Å². The Kier molecular flexibility index (Phi) is 10.8. The summed E-state index contributed by atoms with van der Waals surface area (Å²) >= 11 is 7.15. The highest BCUT2D eigenvalue weighted by Crippen LogP contribution is 2.46. The van der Waals surface area contributed by atoms with E-state index in [1.54, 1.807) is 13.3 Å². The lowest BCUT2D eigenvalue weighted by Gasteiger charge is -2.47. The third-order valence-electron chi connectivity index (χ3n) is 11.5. The Bertz CT molecular complexity index is 2200. The van der Waals surface area contributed by atoms with Gasteiger partial charge in [0.15, 0.2) is 0 Å². The molecule has 57 heavy (non-hydrogen) atoms. The lowest BCUT2D eigenvalue weighted by molar-refractivity contribution is -0.140. The Morgan fingerprint density at radius 3 is 2.54 bits per heavy atom. The molecule has 1 unspecified atom stereocenters. The standard InChI is InChI=1S/C42H44ClF3N6O5/c1-55-34-16-24(9-10-25(34)18-47-19-27-11-12-35(53)50-27)38-37(43)31(13-14-48-38)29-5-3-7-30-28(29)6-4-8-33(30)57-40-32(42(44,45)46)15-26(39(51-40)56-2)20-52-22-41(23-52)17-36(54)49-21-41/h3,5,7,9-10,13-16,27,33,47H,4,6,8,11-12,17-23H2,1-2H3,(H,49,54)(H,50,53)/t27?,33-/m0/s1. The smallest absolute Gasteiger partial charge is 0.421 e. The van der Waals surface area contributed by atoms with E-state index in [4.69, 9.17) is 25.8 Å². The molecule has 8 rings (SSSR count). The highest BCUT2D eigenvalue weighted by molar-refractivity contribution is 6.35. The number of halogens is 4. The van der Waals surface area contributed by atoms with Crippen LogP contribution in [0.2, 0.25) is 5.02 Å². The van der Waals surface area contributed by atoms with E-state index >= 15 is 0 Å². The molecule has 300 valence electrons. The number of fused-ring (bicyclic) bond motifs is 1. The van der Waals surface area contributed by atoms with Crippen LogP contribution in [0.4, 0.5) is 13.2 Å². The summed E-state index contributed by atoms with van der Waals surface area (Å²) in [5.41, 5.74) is 4.75. The lowest BCUT2D eigenvalue weighted by Crippen LogP contribution is -2.56. The summed E-state index contributed by atoms with van der Waals surface area (Å²) in [5.74, 6) is 0.287. The minimum atomic E-state index is -4.73. The minimum Gasteiger partial charge on any atom is -0.496 e. The van der Waals surface area contributed by atoms with E-state index in [0.717, 1.165) is 45.9 Å². The molecule has 0 saturated carbocycles. The van der Waals surface area contributed by atoms with Crippen LogP contribution in [0.5, 0.6) is 17.5 Å². The summed E-state index contributed by atoms with van der Waals surface area (Å²) in [6.45, 7) is 3.18. The first-order valence-corrected chi connectivity index (χ1v) is 19.6. The molecular weight excluding hydrogens is 761 g/mol. The molecule has 1 aliphatic carbocycles. The largest absolute Gasteiger partial charge is 0.496 e. The van der Waals surface area contributed by atoms with E-state index < -0.39 is 23.7 Å². The van der Waals surface area contributed by atoms with Crippen molar-refractivity contribution in [1.82, 2.24) is 30.8 Å². The van der Waals surface area contributed by atoms with Crippen LogP contribution >= 0.6 is 11.6 Å². The first kappa shape index (κ1) is 38.9. The van der Waals surface area contributed by atoms with E-state index in [2.05, 4.69) is 25.9 Å². The second-order valence-corrected chi connectivity index (χ2v) is 15.8. The number of pyridine rings is 2. The van der Waals surface area contributed by atoms with Crippen LogP contribution in [0.1, 0.15) is 66.0 Å². The predicted molar refractivity (Wildman–Crippen MR) is 207 cm³/mol. The number of hydrogen-bond donors (Lipinski definition) is 3. The Balaban J connectivity index is 1.03. The zero-order valence-electron chi connectivity index (χ0n) is 31.7. The van der Waals surface area contributed by atoms with Gasteiger partial charge in [-0.05, 0) is 60.6 Å². The van der Waals surface area contributed by atoms with Crippen molar-refractivity contribution >= 4 is 23.4 Å². The van der Waals surface area contributed by atoms with Crippen LogP contribution in [0.15, 0.2) is 54.7 Å². The van der Waals surface area contributed by atoms with Crippen LogP contribution in [0, 0.1) is 5.41 Å². The zero-order valence-corrected chi connectivity index (χ0v) is 32.5. The highest BCUT2D eigenvalue weighted by atomic mass is 35.5. The summed E-state index contributed by atoms with van der Waals surface area (Å²) in [5, 5.41) is 9.65. The molecule has 3 aliphatic heterocycles. The number of rotatable bonds is 12. The molecule has 3 fully saturated rings. The Morgan fingerprint density at radius 2 is 1.82 bits per heavy atom. The van der Waals surface area contributed by atoms with E-state index in [1.807, 2.05) is 47.4 Å². The molecule has 11 nitrogen and oxygen atoms in total. The van der Waals surface area contributed by atoms with Gasteiger partial charge in [0.05, 0.1) is 24.9 Å². The molecule has 0 radical (unpaired) electrons. The van der Waals surface area contributed by atoms with Crippen LogP contribution in [-0.4, -0.2) is 73.1 Å². The maximum Gasteiger partial charge on any atom is 0.421 e. The van der Waals surface area contributed by atoms with Gasteiger partial charge in [0.1, 0.15) is 17.4 Å². The van der Waals surface area contributed by atoms with Crippen LogP contribution in [-0.2, 0) is 35.3 Å². The fourth-order valence-corrected chi connectivity index (χ4v) is 9.07. The van der Waals surface area contributed by atoms with Crippen LogP contribution < -0.4 is 30.2 Å². The fraction of sp³-hybridized carbons (Fsp3) is 0.429. The predicted octanol–water partition coefficient (Wildman–Crippen LogP) is 6.65. The number of likely N-dealkylation sites (tertiary alicyclic amines) is 1. The highest BCUT2D eigenvalue weighted by Gasteiger charge is 2.48. The molecule has 15 heteroatoms. The normalized spacial score (nSPS) is 20.2. The van der Waals surface area contributed by atoms with Gasteiger partial charge in [0.25, 0.3) is 0 Å². The Labute approximate surface area is 333 Å². The minimum absolute atomic E-state index is 0.000697. The molecule has 1 spiro atoms. The summed E-state index contributed by atoms with van der Waals surface area (Å²) in [4.78, 5) is 34.3. The van der Waals surface area contributed by atoms with E-state index in [1.165, 1.54) is 7.11 Å². The number of hydrogen-bond acceptors (Lipinski definition) is 9. The number of aromatic nitrogens is 2. The SMILES string of the molecule is COc1cc(-c2nccc(-c3cccc4c3CCC[C@@H]4Oc3nc(OC)c(CN4CC5(CNC(=O)C5)C4)cc3C(F)(F)F)c2Cl)ccc1CNCC1CCC(=O)N1. The van der Waals surface area contributed by atoms with Gasteiger partial charge in [-0.1, -0.05) is 41.9 Å². The quantitative estimate of drug-likeness (QED) is 0.144. The van der Waals surface area contributed by atoms with Gasteiger partial charge < -0.3 is 30.2 Å². The van der Waals surface area contributed by atoms with Crippen molar-refractivity contribution in [2.45, 2.75) is 69.9 Å². The monoisotopic (exact) mass is 804 g/mol. The number of ether oxygens (including phenoxy) is 3. The van der Waals surface area contributed by atoms with Gasteiger partial charge in [-0.15, -0.1) is 0 Å². The fourth-order valence-electron chi connectivity index (χ4n) is 8.75. The first-order chi connectivity index (χ1) is 27.4. The molecule has 2 aromatic carbocycles. The second kappa shape index (κ2) is 15.8. The van der Waals surface area contributed by atoms with Crippen molar-refractivity contribution in [2.75, 3.05) is 40.4 Å². The van der Waals surface area contributed by atoms with E-state index in [-0.39, 0.29) is 35.7 Å². The van der Waals surface area contributed by atoms with Crippen molar-refractivity contribution in [3.05, 3.63) is 87.6 Å². The summed E-state index contributed by atoms with van der Waals surface area (Å²) in [6, 6.07) is 14.6. The van der Waals surface area contributed by atoms with Crippen molar-refractivity contribution < 1.29 is 37.0 Å².